The normalized spacial score (nSPS) is 10.4. The highest BCUT2D eigenvalue weighted by Gasteiger charge is 2.07. The third kappa shape index (κ3) is 3.55. The van der Waals surface area contributed by atoms with Crippen molar-refractivity contribution in [3.05, 3.63) is 76.8 Å². The van der Waals surface area contributed by atoms with Gasteiger partial charge in [-0.1, -0.05) is 36.4 Å². The second-order valence-corrected chi connectivity index (χ2v) is 5.02. The molecule has 23 heavy (non-hydrogen) atoms. The number of pyridine rings is 1. The molecule has 6 heteroatoms. The highest BCUT2D eigenvalue weighted by atomic mass is 16.2. The van der Waals surface area contributed by atoms with Crippen LogP contribution < -0.4 is 16.2 Å². The summed E-state index contributed by atoms with van der Waals surface area (Å²) in [4.78, 5) is 28.3. The Bertz CT molecular complexity index is 874. The highest BCUT2D eigenvalue weighted by Crippen LogP contribution is 2.02. The van der Waals surface area contributed by atoms with Gasteiger partial charge in [0.25, 0.3) is 5.56 Å². The quantitative estimate of drug-likeness (QED) is 0.774. The van der Waals surface area contributed by atoms with Crippen molar-refractivity contribution in [2.75, 3.05) is 11.9 Å². The van der Waals surface area contributed by atoms with Crippen LogP contribution in [-0.4, -0.2) is 22.0 Å². The van der Waals surface area contributed by atoms with Crippen LogP contribution in [0.4, 0.5) is 10.5 Å². The predicted octanol–water partition coefficient (Wildman–Crippen LogP) is 2.06. The summed E-state index contributed by atoms with van der Waals surface area (Å²) >= 11 is 0. The Morgan fingerprint density at radius 2 is 1.87 bits per heavy atom. The Hall–Kier alpha value is -3.15. The number of benzene rings is 1. The summed E-state index contributed by atoms with van der Waals surface area (Å²) in [6.45, 7) is 0.484. The van der Waals surface area contributed by atoms with Crippen molar-refractivity contribution >= 4 is 17.4 Å². The van der Waals surface area contributed by atoms with Crippen molar-refractivity contribution < 1.29 is 4.79 Å². The van der Waals surface area contributed by atoms with E-state index < -0.39 is 6.03 Å². The Kier molecular flexibility index (Phi) is 4.33. The average molecular weight is 308 g/mol. The topological polar surface area (TPSA) is 75.5 Å². The third-order valence-corrected chi connectivity index (χ3v) is 3.40. The van der Waals surface area contributed by atoms with E-state index in [0.29, 0.717) is 12.2 Å². The predicted molar refractivity (Wildman–Crippen MR) is 88.6 cm³/mol. The summed E-state index contributed by atoms with van der Waals surface area (Å²) in [5.74, 6) is 0. The fourth-order valence-corrected chi connectivity index (χ4v) is 2.24. The Morgan fingerprint density at radius 3 is 2.70 bits per heavy atom. The van der Waals surface area contributed by atoms with E-state index in [2.05, 4.69) is 15.6 Å². The van der Waals surface area contributed by atoms with E-state index in [-0.39, 0.29) is 11.2 Å². The van der Waals surface area contributed by atoms with Crippen LogP contribution in [0, 0.1) is 0 Å². The van der Waals surface area contributed by atoms with Gasteiger partial charge < -0.3 is 10.6 Å². The van der Waals surface area contributed by atoms with Crippen LogP contribution in [0.3, 0.4) is 0 Å². The number of urea groups is 1. The van der Waals surface area contributed by atoms with Crippen LogP contribution in [0.1, 0.15) is 5.56 Å². The summed E-state index contributed by atoms with van der Waals surface area (Å²) in [7, 11) is 0. The molecule has 0 radical (unpaired) electrons. The second kappa shape index (κ2) is 6.74. The zero-order chi connectivity index (χ0) is 16.1. The first kappa shape index (κ1) is 14.8. The largest absolute Gasteiger partial charge is 0.338 e. The maximum Gasteiger partial charge on any atom is 0.319 e. The van der Waals surface area contributed by atoms with E-state index in [9.17, 15) is 9.59 Å². The highest BCUT2D eigenvalue weighted by molar-refractivity contribution is 5.88. The molecule has 0 bridgehead atoms. The molecule has 0 spiro atoms. The number of rotatable bonds is 4. The molecule has 0 saturated carbocycles. The first-order valence-electron chi connectivity index (χ1n) is 7.29. The fourth-order valence-electron chi connectivity index (χ4n) is 2.24. The Balaban J connectivity index is 1.62. The first-order valence-corrected chi connectivity index (χ1v) is 7.29. The van der Waals surface area contributed by atoms with Gasteiger partial charge >= 0.3 is 6.03 Å². The summed E-state index contributed by atoms with van der Waals surface area (Å²) in [5, 5.41) is 5.27. The van der Waals surface area contributed by atoms with Crippen LogP contribution in [-0.2, 0) is 6.42 Å². The number of carbonyl (C=O) groups excluding carboxylic acids is 1. The van der Waals surface area contributed by atoms with Crippen LogP contribution in [0.2, 0.25) is 0 Å². The number of fused-ring (bicyclic) bond motifs is 1. The van der Waals surface area contributed by atoms with Gasteiger partial charge in [0, 0.05) is 12.7 Å². The van der Waals surface area contributed by atoms with E-state index in [1.165, 1.54) is 10.6 Å². The summed E-state index contributed by atoms with van der Waals surface area (Å²) in [5.41, 5.74) is 1.51. The van der Waals surface area contributed by atoms with Crippen molar-refractivity contribution in [3.63, 3.8) is 0 Å². The number of carbonyl (C=O) groups is 1. The monoisotopic (exact) mass is 308 g/mol. The maximum atomic E-state index is 12.2. The molecule has 3 aromatic rings. The average Bonchev–Trinajstić information content (AvgIpc) is 2.59. The van der Waals surface area contributed by atoms with E-state index in [1.54, 1.807) is 24.4 Å². The van der Waals surface area contributed by atoms with E-state index in [1.807, 2.05) is 30.3 Å². The molecular formula is C17H16N4O2. The Labute approximate surface area is 132 Å². The molecule has 0 unspecified atom stereocenters. The van der Waals surface area contributed by atoms with E-state index in [0.717, 1.165) is 12.0 Å². The maximum absolute atomic E-state index is 12.2. The molecule has 0 aliphatic rings. The molecule has 0 fully saturated rings. The molecule has 2 amide bonds. The van der Waals surface area contributed by atoms with Gasteiger partial charge in [-0.05, 0) is 24.1 Å². The van der Waals surface area contributed by atoms with Crippen molar-refractivity contribution in [2.45, 2.75) is 6.42 Å². The van der Waals surface area contributed by atoms with E-state index >= 15 is 0 Å². The van der Waals surface area contributed by atoms with Crippen LogP contribution in [0.25, 0.3) is 5.65 Å². The molecule has 0 atom stereocenters. The molecule has 0 saturated heterocycles. The van der Waals surface area contributed by atoms with Crippen molar-refractivity contribution in [1.82, 2.24) is 14.7 Å². The van der Waals surface area contributed by atoms with Gasteiger partial charge in [-0.25, -0.2) is 9.78 Å². The van der Waals surface area contributed by atoms with Crippen LogP contribution >= 0.6 is 0 Å². The van der Waals surface area contributed by atoms with Crippen LogP contribution in [0.15, 0.2) is 65.7 Å². The molecule has 0 aliphatic heterocycles. The molecule has 116 valence electrons. The zero-order valence-electron chi connectivity index (χ0n) is 12.4. The number of nitrogens with one attached hydrogen (secondary N) is 2. The molecule has 2 N–H and O–H groups in total. The van der Waals surface area contributed by atoms with E-state index in [4.69, 9.17) is 0 Å². The minimum Gasteiger partial charge on any atom is -0.338 e. The molecular weight excluding hydrogens is 292 g/mol. The number of amides is 2. The lowest BCUT2D eigenvalue weighted by molar-refractivity contribution is 0.252. The standard InChI is InChI=1S/C17H16N4O2/c22-16-14(12-19-15-8-4-5-11-21(15)16)20-17(23)18-10-9-13-6-2-1-3-7-13/h1-8,11-12H,9-10H2,(H2,18,20,23). The minimum absolute atomic E-state index is 0.144. The SMILES string of the molecule is O=C(NCCc1ccccc1)Nc1cnc2ccccn2c1=O. The number of nitrogens with zero attached hydrogens (tertiary/aromatic N) is 2. The van der Waals surface area contributed by atoms with Gasteiger partial charge in [0.15, 0.2) is 0 Å². The minimum atomic E-state index is -0.421. The van der Waals surface area contributed by atoms with Crippen LogP contribution in [0.5, 0.6) is 0 Å². The molecule has 3 rings (SSSR count). The third-order valence-electron chi connectivity index (χ3n) is 3.40. The molecule has 1 aromatic carbocycles. The zero-order valence-corrected chi connectivity index (χ0v) is 12.4. The van der Waals surface area contributed by atoms with Gasteiger partial charge in [0.05, 0.1) is 6.20 Å². The lowest BCUT2D eigenvalue weighted by Gasteiger charge is -2.08. The fraction of sp³-hybridized carbons (Fsp3) is 0.118. The smallest absolute Gasteiger partial charge is 0.319 e. The lowest BCUT2D eigenvalue weighted by atomic mass is 10.1. The second-order valence-electron chi connectivity index (χ2n) is 5.02. The molecule has 2 aromatic heterocycles. The number of anilines is 1. The van der Waals surface area contributed by atoms with Crippen molar-refractivity contribution in [2.24, 2.45) is 0 Å². The van der Waals surface area contributed by atoms with Gasteiger partial charge in [0.2, 0.25) is 0 Å². The summed E-state index contributed by atoms with van der Waals surface area (Å²) in [6.07, 6.45) is 3.71. The number of hydrogen-bond acceptors (Lipinski definition) is 3. The molecule has 6 nitrogen and oxygen atoms in total. The van der Waals surface area contributed by atoms with Gasteiger partial charge in [-0.3, -0.25) is 9.20 Å². The van der Waals surface area contributed by atoms with Gasteiger partial charge in [-0.2, -0.15) is 0 Å². The Morgan fingerprint density at radius 1 is 1.09 bits per heavy atom. The number of hydrogen-bond donors (Lipinski definition) is 2. The van der Waals surface area contributed by atoms with Gasteiger partial charge in [-0.15, -0.1) is 0 Å². The first-order chi connectivity index (χ1) is 11.2. The van der Waals surface area contributed by atoms with Crippen molar-refractivity contribution in [3.8, 4) is 0 Å². The molecule has 0 aliphatic carbocycles. The molecule has 2 heterocycles. The summed E-state index contributed by atoms with van der Waals surface area (Å²) < 4.78 is 1.39. The van der Waals surface area contributed by atoms with Crippen molar-refractivity contribution in [1.29, 1.82) is 0 Å². The number of aromatic nitrogens is 2. The van der Waals surface area contributed by atoms with Gasteiger partial charge in [0.1, 0.15) is 11.3 Å². The summed E-state index contributed by atoms with van der Waals surface area (Å²) in [6, 6.07) is 14.7. The lowest BCUT2D eigenvalue weighted by Crippen LogP contribution is -2.33.